The zero-order chi connectivity index (χ0) is 16.2. The van der Waals surface area contributed by atoms with E-state index in [2.05, 4.69) is 21.9 Å². The van der Waals surface area contributed by atoms with Gasteiger partial charge in [-0.25, -0.2) is 8.78 Å². The van der Waals surface area contributed by atoms with Gasteiger partial charge in [0.1, 0.15) is 12.4 Å². The number of thioether (sulfide) groups is 1. The number of guanidine groups is 1. The van der Waals surface area contributed by atoms with Gasteiger partial charge in [0.05, 0.1) is 6.54 Å². The summed E-state index contributed by atoms with van der Waals surface area (Å²) in [7, 11) is 1.70. The number of hydrogen-bond acceptors (Lipinski definition) is 3. The van der Waals surface area contributed by atoms with Gasteiger partial charge in [0.15, 0.2) is 17.6 Å². The number of nitrogens with zero attached hydrogens (tertiary/aromatic N) is 1. The first kappa shape index (κ1) is 22.2. The van der Waals surface area contributed by atoms with Crippen LogP contribution in [0.1, 0.15) is 12.8 Å². The molecule has 132 valence electrons. The highest BCUT2D eigenvalue weighted by atomic mass is 127. The van der Waals surface area contributed by atoms with Gasteiger partial charge in [0, 0.05) is 19.7 Å². The van der Waals surface area contributed by atoms with Crippen LogP contribution in [0.3, 0.4) is 0 Å². The van der Waals surface area contributed by atoms with E-state index in [0.29, 0.717) is 24.9 Å². The van der Waals surface area contributed by atoms with Crippen LogP contribution >= 0.6 is 35.7 Å². The Morgan fingerprint density at radius 1 is 1.17 bits per heavy atom. The second-order valence-corrected chi connectivity index (χ2v) is 5.54. The minimum Gasteiger partial charge on any atom is -0.492 e. The smallest absolute Gasteiger partial charge is 0.191 e. The molecule has 0 saturated heterocycles. The minimum absolute atomic E-state index is 0. The van der Waals surface area contributed by atoms with E-state index in [-0.39, 0.29) is 24.0 Å². The number of unbranched alkanes of at least 4 members (excludes halogenated alkanes) is 1. The minimum atomic E-state index is -0.909. The van der Waals surface area contributed by atoms with Gasteiger partial charge in [0.2, 0.25) is 0 Å². The molecule has 0 bridgehead atoms. The van der Waals surface area contributed by atoms with Gasteiger partial charge in [0.25, 0.3) is 0 Å². The van der Waals surface area contributed by atoms with Crippen molar-refractivity contribution in [3.05, 3.63) is 29.8 Å². The first-order valence-corrected chi connectivity index (χ1v) is 8.58. The summed E-state index contributed by atoms with van der Waals surface area (Å²) >= 11 is 1.84. The van der Waals surface area contributed by atoms with Crippen LogP contribution in [0.2, 0.25) is 0 Å². The van der Waals surface area contributed by atoms with Crippen molar-refractivity contribution in [3.8, 4) is 5.75 Å². The number of ether oxygens (including phenoxy) is 1. The van der Waals surface area contributed by atoms with E-state index in [0.717, 1.165) is 30.9 Å². The quantitative estimate of drug-likeness (QED) is 0.258. The van der Waals surface area contributed by atoms with Crippen LogP contribution in [0.4, 0.5) is 8.78 Å². The fraction of sp³-hybridized carbons (Fsp3) is 0.533. The van der Waals surface area contributed by atoms with Crippen molar-refractivity contribution < 1.29 is 13.5 Å². The van der Waals surface area contributed by atoms with Crippen LogP contribution in [-0.2, 0) is 0 Å². The van der Waals surface area contributed by atoms with Crippen molar-refractivity contribution in [3.63, 3.8) is 0 Å². The Kier molecular flexibility index (Phi) is 13.2. The molecule has 1 aromatic carbocycles. The summed E-state index contributed by atoms with van der Waals surface area (Å²) in [4.78, 5) is 4.10. The maximum absolute atomic E-state index is 13.0. The fourth-order valence-electron chi connectivity index (χ4n) is 1.70. The van der Waals surface area contributed by atoms with Gasteiger partial charge in [-0.05, 0) is 37.0 Å². The van der Waals surface area contributed by atoms with Crippen molar-refractivity contribution in [2.24, 2.45) is 4.99 Å². The van der Waals surface area contributed by atoms with Crippen LogP contribution < -0.4 is 15.4 Å². The van der Waals surface area contributed by atoms with Gasteiger partial charge < -0.3 is 15.4 Å². The Bertz CT molecular complexity index is 478. The van der Waals surface area contributed by atoms with Crippen LogP contribution in [0.5, 0.6) is 5.75 Å². The van der Waals surface area contributed by atoms with Gasteiger partial charge in [-0.1, -0.05) is 0 Å². The highest BCUT2D eigenvalue weighted by molar-refractivity contribution is 14.0. The third kappa shape index (κ3) is 9.85. The summed E-state index contributed by atoms with van der Waals surface area (Å²) in [5.41, 5.74) is 0. The van der Waals surface area contributed by atoms with Crippen molar-refractivity contribution in [1.82, 2.24) is 10.6 Å². The van der Waals surface area contributed by atoms with Crippen LogP contribution in [0.15, 0.2) is 23.2 Å². The maximum atomic E-state index is 13.0. The number of halogens is 3. The van der Waals surface area contributed by atoms with Gasteiger partial charge >= 0.3 is 0 Å². The average molecular weight is 459 g/mol. The summed E-state index contributed by atoms with van der Waals surface area (Å²) < 4.78 is 31.1. The van der Waals surface area contributed by atoms with Crippen molar-refractivity contribution in [2.75, 3.05) is 38.8 Å². The molecule has 0 aliphatic carbocycles. The van der Waals surface area contributed by atoms with E-state index in [9.17, 15) is 8.78 Å². The highest BCUT2D eigenvalue weighted by Gasteiger charge is 2.03. The van der Waals surface area contributed by atoms with Crippen molar-refractivity contribution in [2.45, 2.75) is 12.8 Å². The molecule has 0 saturated carbocycles. The van der Waals surface area contributed by atoms with Crippen LogP contribution in [0.25, 0.3) is 0 Å². The molecule has 0 heterocycles. The average Bonchev–Trinajstić information content (AvgIpc) is 2.52. The summed E-state index contributed by atoms with van der Waals surface area (Å²) in [6, 6.07) is 3.48. The van der Waals surface area contributed by atoms with Crippen molar-refractivity contribution in [1.29, 1.82) is 0 Å². The molecule has 0 radical (unpaired) electrons. The molecule has 23 heavy (non-hydrogen) atoms. The lowest BCUT2D eigenvalue weighted by Gasteiger charge is -2.12. The Hall–Kier alpha value is -0.770. The van der Waals surface area contributed by atoms with E-state index in [4.69, 9.17) is 4.74 Å². The van der Waals surface area contributed by atoms with E-state index in [1.54, 1.807) is 7.05 Å². The molecule has 1 rings (SSSR count). The lowest BCUT2D eigenvalue weighted by atomic mass is 10.3. The number of nitrogens with one attached hydrogen (secondary N) is 2. The standard InChI is InChI=1S/C15H23F2N3OS.HI/c1-18-15(19-7-3-4-10-22-2)20-8-9-21-12-5-6-13(16)14(17)11-12;/h5-6,11H,3-4,7-10H2,1-2H3,(H2,18,19,20);1H. The van der Waals surface area contributed by atoms with Crippen LogP contribution in [-0.4, -0.2) is 44.7 Å². The molecule has 0 spiro atoms. The predicted molar refractivity (Wildman–Crippen MR) is 104 cm³/mol. The van der Waals surface area contributed by atoms with Gasteiger partial charge in [-0.2, -0.15) is 11.8 Å². The van der Waals surface area contributed by atoms with Gasteiger partial charge in [-0.15, -0.1) is 24.0 Å². The molecule has 2 N–H and O–H groups in total. The molecule has 1 aromatic rings. The molecule has 8 heteroatoms. The molecule has 0 aromatic heterocycles. The maximum Gasteiger partial charge on any atom is 0.191 e. The molecule has 0 aliphatic heterocycles. The SMILES string of the molecule is CN=C(NCCCCSC)NCCOc1ccc(F)c(F)c1.I. The predicted octanol–water partition coefficient (Wildman–Crippen LogP) is 3.27. The fourth-order valence-corrected chi connectivity index (χ4v) is 2.20. The summed E-state index contributed by atoms with van der Waals surface area (Å²) in [6.07, 6.45) is 4.36. The van der Waals surface area contributed by atoms with E-state index in [1.807, 2.05) is 11.8 Å². The molecule has 0 atom stereocenters. The molecule has 0 amide bonds. The monoisotopic (exact) mass is 459 g/mol. The zero-order valence-electron chi connectivity index (χ0n) is 13.4. The Balaban J connectivity index is 0.00000484. The van der Waals surface area contributed by atoms with Gasteiger partial charge in [-0.3, -0.25) is 4.99 Å². The molecule has 0 aliphatic rings. The number of benzene rings is 1. The number of aliphatic imine (C=N–C) groups is 1. The van der Waals surface area contributed by atoms with Crippen LogP contribution in [0, 0.1) is 11.6 Å². The first-order chi connectivity index (χ1) is 10.7. The van der Waals surface area contributed by atoms with E-state index < -0.39 is 11.6 Å². The topological polar surface area (TPSA) is 45.7 Å². The zero-order valence-corrected chi connectivity index (χ0v) is 16.5. The molecule has 0 fully saturated rings. The Morgan fingerprint density at radius 3 is 2.57 bits per heavy atom. The first-order valence-electron chi connectivity index (χ1n) is 7.18. The second kappa shape index (κ2) is 13.6. The summed E-state index contributed by atoms with van der Waals surface area (Å²) in [6.45, 7) is 1.71. The third-order valence-corrected chi connectivity index (χ3v) is 3.54. The third-order valence-electron chi connectivity index (χ3n) is 2.85. The number of hydrogen-bond donors (Lipinski definition) is 2. The highest BCUT2D eigenvalue weighted by Crippen LogP contribution is 2.14. The number of rotatable bonds is 9. The second-order valence-electron chi connectivity index (χ2n) is 4.55. The summed E-state index contributed by atoms with van der Waals surface area (Å²) in [5.74, 6) is 0.388. The molecular formula is C15H24F2IN3OS. The lowest BCUT2D eigenvalue weighted by Crippen LogP contribution is -2.39. The van der Waals surface area contributed by atoms with E-state index >= 15 is 0 Å². The summed E-state index contributed by atoms with van der Waals surface area (Å²) in [5, 5.41) is 6.31. The Labute approximate surface area is 157 Å². The normalized spacial score (nSPS) is 10.9. The Morgan fingerprint density at radius 2 is 1.91 bits per heavy atom. The molecular weight excluding hydrogens is 435 g/mol. The largest absolute Gasteiger partial charge is 0.492 e. The lowest BCUT2D eigenvalue weighted by molar-refractivity contribution is 0.318. The molecule has 0 unspecified atom stereocenters. The molecule has 4 nitrogen and oxygen atoms in total. The van der Waals surface area contributed by atoms with Crippen molar-refractivity contribution >= 4 is 41.7 Å². The van der Waals surface area contributed by atoms with E-state index in [1.165, 1.54) is 12.5 Å².